The molecule has 3 aromatic rings. The maximum Gasteiger partial charge on any atom is 0.257 e. The number of ether oxygens (including phenoxy) is 2. The van der Waals surface area contributed by atoms with E-state index in [1.807, 2.05) is 36.0 Å². The summed E-state index contributed by atoms with van der Waals surface area (Å²) in [7, 11) is 1.90. The Hall–Kier alpha value is -2.28. The number of nitrogens with zero attached hydrogens (tertiary/aromatic N) is 3. The van der Waals surface area contributed by atoms with E-state index in [0.29, 0.717) is 48.5 Å². The summed E-state index contributed by atoms with van der Waals surface area (Å²) >= 11 is 6.02. The van der Waals surface area contributed by atoms with Gasteiger partial charge in [-0.2, -0.15) is 0 Å². The van der Waals surface area contributed by atoms with Crippen molar-refractivity contribution >= 4 is 40.8 Å². The first-order chi connectivity index (χ1) is 12.6. The van der Waals surface area contributed by atoms with E-state index in [0.717, 1.165) is 10.9 Å². The average molecular weight is 408 g/mol. The molecule has 0 radical (unpaired) electrons. The highest BCUT2D eigenvalue weighted by molar-refractivity contribution is 6.30. The third-order valence-corrected chi connectivity index (χ3v) is 4.64. The van der Waals surface area contributed by atoms with Crippen LogP contribution in [0.2, 0.25) is 5.02 Å². The van der Waals surface area contributed by atoms with Crippen molar-refractivity contribution in [3.05, 3.63) is 53.3 Å². The number of morpholine rings is 1. The van der Waals surface area contributed by atoms with Gasteiger partial charge in [0.05, 0.1) is 29.7 Å². The highest BCUT2D eigenvalue weighted by atomic mass is 35.5. The predicted octanol–water partition coefficient (Wildman–Crippen LogP) is 3.91. The second-order valence-corrected chi connectivity index (χ2v) is 6.57. The maximum absolute atomic E-state index is 12.9. The molecular formula is C19H19Cl2N3O3. The molecule has 0 aliphatic carbocycles. The van der Waals surface area contributed by atoms with Gasteiger partial charge in [-0.1, -0.05) is 17.7 Å². The van der Waals surface area contributed by atoms with Crippen molar-refractivity contribution in [2.45, 2.75) is 0 Å². The fraction of sp³-hybridized carbons (Fsp3) is 0.263. The lowest BCUT2D eigenvalue weighted by Crippen LogP contribution is -2.40. The Morgan fingerprint density at radius 2 is 2.04 bits per heavy atom. The summed E-state index contributed by atoms with van der Waals surface area (Å²) < 4.78 is 13.2. The zero-order chi connectivity index (χ0) is 18.1. The maximum atomic E-state index is 12.9. The Morgan fingerprint density at radius 3 is 2.78 bits per heavy atom. The number of carbonyl (C=O) groups excluding carboxylic acids is 1. The minimum Gasteiger partial charge on any atom is -0.438 e. The first kappa shape index (κ1) is 19.5. The summed E-state index contributed by atoms with van der Waals surface area (Å²) in [5.74, 6) is 1.01. The largest absolute Gasteiger partial charge is 0.438 e. The van der Waals surface area contributed by atoms with Crippen molar-refractivity contribution in [3.8, 4) is 11.6 Å². The number of carbonyl (C=O) groups is 1. The van der Waals surface area contributed by atoms with E-state index < -0.39 is 0 Å². The van der Waals surface area contributed by atoms with Crippen LogP contribution in [0, 0.1) is 0 Å². The molecule has 0 unspecified atom stereocenters. The molecule has 0 atom stereocenters. The van der Waals surface area contributed by atoms with E-state index in [1.165, 1.54) is 0 Å². The van der Waals surface area contributed by atoms with E-state index in [1.54, 1.807) is 23.2 Å². The molecule has 1 aromatic carbocycles. The standard InChI is InChI=1S/C19H18ClN3O3.ClH/c1-22-6-5-15-17(22)16(19(24)23-7-9-25-10-8-23)12-21-18(15)26-14-4-2-3-13(20)11-14;/h2-6,11-12H,7-10H2,1H3;1H. The number of halogens is 2. The van der Waals surface area contributed by atoms with Gasteiger partial charge in [0.15, 0.2) is 0 Å². The van der Waals surface area contributed by atoms with E-state index >= 15 is 0 Å². The number of hydrogen-bond donors (Lipinski definition) is 0. The summed E-state index contributed by atoms with van der Waals surface area (Å²) in [5.41, 5.74) is 1.36. The number of benzene rings is 1. The van der Waals surface area contributed by atoms with Crippen molar-refractivity contribution in [2.75, 3.05) is 26.3 Å². The van der Waals surface area contributed by atoms with Crippen LogP contribution in [-0.4, -0.2) is 46.7 Å². The van der Waals surface area contributed by atoms with Crippen molar-refractivity contribution in [1.29, 1.82) is 0 Å². The molecule has 6 nitrogen and oxygen atoms in total. The molecule has 1 amide bonds. The molecule has 3 heterocycles. The van der Waals surface area contributed by atoms with Gasteiger partial charge in [0.2, 0.25) is 5.88 Å². The Kier molecular flexibility index (Phi) is 5.89. The van der Waals surface area contributed by atoms with Crippen LogP contribution in [0.1, 0.15) is 10.4 Å². The second kappa shape index (κ2) is 8.17. The summed E-state index contributed by atoms with van der Waals surface area (Å²) in [6.07, 6.45) is 3.48. The Labute approximate surface area is 168 Å². The van der Waals surface area contributed by atoms with Crippen molar-refractivity contribution < 1.29 is 14.3 Å². The average Bonchev–Trinajstić information content (AvgIpc) is 3.05. The molecule has 1 aliphatic rings. The zero-order valence-electron chi connectivity index (χ0n) is 14.7. The molecule has 4 rings (SSSR count). The van der Waals surface area contributed by atoms with E-state index in [9.17, 15) is 4.79 Å². The summed E-state index contributed by atoms with van der Waals surface area (Å²) in [6.45, 7) is 2.30. The zero-order valence-corrected chi connectivity index (χ0v) is 16.3. The predicted molar refractivity (Wildman–Crippen MR) is 106 cm³/mol. The third-order valence-electron chi connectivity index (χ3n) is 4.41. The number of pyridine rings is 1. The quantitative estimate of drug-likeness (QED) is 0.660. The van der Waals surface area contributed by atoms with Crippen LogP contribution in [-0.2, 0) is 11.8 Å². The molecule has 1 aliphatic heterocycles. The third kappa shape index (κ3) is 3.88. The lowest BCUT2D eigenvalue weighted by Gasteiger charge is -2.27. The molecule has 2 aromatic heterocycles. The molecule has 0 saturated carbocycles. The fourth-order valence-electron chi connectivity index (χ4n) is 3.11. The first-order valence-corrected chi connectivity index (χ1v) is 8.76. The van der Waals surface area contributed by atoms with E-state index in [-0.39, 0.29) is 18.3 Å². The lowest BCUT2D eigenvalue weighted by atomic mass is 10.1. The van der Waals surface area contributed by atoms with Crippen LogP contribution in [0.4, 0.5) is 0 Å². The molecule has 142 valence electrons. The molecule has 27 heavy (non-hydrogen) atoms. The number of hydrogen-bond acceptors (Lipinski definition) is 4. The number of amides is 1. The van der Waals surface area contributed by atoms with Gasteiger partial charge in [0.1, 0.15) is 5.75 Å². The minimum atomic E-state index is -0.0399. The van der Waals surface area contributed by atoms with Gasteiger partial charge in [-0.05, 0) is 24.3 Å². The highest BCUT2D eigenvalue weighted by Crippen LogP contribution is 2.31. The van der Waals surface area contributed by atoms with E-state index in [2.05, 4.69) is 4.98 Å². The van der Waals surface area contributed by atoms with Gasteiger partial charge < -0.3 is 18.9 Å². The fourth-order valence-corrected chi connectivity index (χ4v) is 3.29. The van der Waals surface area contributed by atoms with Crippen molar-refractivity contribution in [1.82, 2.24) is 14.5 Å². The summed E-state index contributed by atoms with van der Waals surface area (Å²) in [5, 5.41) is 1.37. The van der Waals surface area contributed by atoms with Gasteiger partial charge in [0.25, 0.3) is 5.91 Å². The summed E-state index contributed by atoms with van der Waals surface area (Å²) in [4.78, 5) is 19.1. The molecular weight excluding hydrogens is 389 g/mol. The van der Waals surface area contributed by atoms with Crippen LogP contribution in [0.3, 0.4) is 0 Å². The van der Waals surface area contributed by atoms with Crippen LogP contribution >= 0.6 is 24.0 Å². The van der Waals surface area contributed by atoms with Crippen molar-refractivity contribution in [3.63, 3.8) is 0 Å². The first-order valence-electron chi connectivity index (χ1n) is 8.38. The lowest BCUT2D eigenvalue weighted by molar-refractivity contribution is 0.0303. The smallest absolute Gasteiger partial charge is 0.257 e. The molecule has 0 N–H and O–H groups in total. The summed E-state index contributed by atoms with van der Waals surface area (Å²) in [6, 6.07) is 9.04. The Morgan fingerprint density at radius 1 is 1.26 bits per heavy atom. The van der Waals surface area contributed by atoms with Crippen LogP contribution in [0.25, 0.3) is 10.9 Å². The van der Waals surface area contributed by atoms with Crippen LogP contribution in [0.5, 0.6) is 11.6 Å². The van der Waals surface area contributed by atoms with Gasteiger partial charge in [-0.3, -0.25) is 4.79 Å². The van der Waals surface area contributed by atoms with Crippen LogP contribution < -0.4 is 4.74 Å². The van der Waals surface area contributed by atoms with Crippen molar-refractivity contribution in [2.24, 2.45) is 7.05 Å². The molecule has 0 spiro atoms. The minimum absolute atomic E-state index is 0. The van der Waals surface area contributed by atoms with Gasteiger partial charge in [-0.25, -0.2) is 4.98 Å². The SMILES string of the molecule is Cl.Cn1ccc2c(Oc3cccc(Cl)c3)ncc(C(=O)N3CCOCC3)c21. The molecule has 8 heteroatoms. The molecule has 1 saturated heterocycles. The van der Waals surface area contributed by atoms with E-state index in [4.69, 9.17) is 21.1 Å². The van der Waals surface area contributed by atoms with Gasteiger partial charge in [0, 0.05) is 37.6 Å². The number of aryl methyl sites for hydroxylation is 1. The molecule has 0 bridgehead atoms. The Bertz CT molecular complexity index is 968. The monoisotopic (exact) mass is 407 g/mol. The topological polar surface area (TPSA) is 56.6 Å². The second-order valence-electron chi connectivity index (χ2n) is 6.13. The highest BCUT2D eigenvalue weighted by Gasteiger charge is 2.23. The normalized spacial score (nSPS) is 14.1. The van der Waals surface area contributed by atoms with Gasteiger partial charge >= 0.3 is 0 Å². The number of fused-ring (bicyclic) bond motifs is 1. The number of rotatable bonds is 3. The Balaban J connectivity index is 0.00000210. The van der Waals surface area contributed by atoms with Gasteiger partial charge in [-0.15, -0.1) is 12.4 Å². The molecule has 1 fully saturated rings. The number of aromatic nitrogens is 2. The van der Waals surface area contributed by atoms with Crippen LogP contribution in [0.15, 0.2) is 42.7 Å².